The first-order valence-corrected chi connectivity index (χ1v) is 8.08. The second kappa shape index (κ2) is 8.08. The molecule has 0 aliphatic carbocycles. The van der Waals surface area contributed by atoms with Gasteiger partial charge in [0.15, 0.2) is 5.11 Å². The highest BCUT2D eigenvalue weighted by molar-refractivity contribution is 7.80. The molecule has 126 valence electrons. The number of nitrogens with one attached hydrogen (secondary N) is 2. The van der Waals surface area contributed by atoms with Gasteiger partial charge in [-0.25, -0.2) is 4.39 Å². The smallest absolute Gasteiger partial charge is 0.191 e. The van der Waals surface area contributed by atoms with E-state index in [9.17, 15) is 9.50 Å². The Morgan fingerprint density at radius 3 is 2.79 bits per heavy atom. The van der Waals surface area contributed by atoms with E-state index in [-0.39, 0.29) is 10.9 Å². The first kappa shape index (κ1) is 18.2. The topological polar surface area (TPSA) is 56.7 Å². The van der Waals surface area contributed by atoms with Crippen LogP contribution >= 0.6 is 23.8 Å². The van der Waals surface area contributed by atoms with Crippen molar-refractivity contribution in [3.63, 3.8) is 0 Å². The molecule has 2 aromatic rings. The maximum absolute atomic E-state index is 13.4. The van der Waals surface area contributed by atoms with Gasteiger partial charge in [-0.1, -0.05) is 24.6 Å². The van der Waals surface area contributed by atoms with Crippen molar-refractivity contribution in [2.75, 3.05) is 5.32 Å². The third kappa shape index (κ3) is 4.43. The van der Waals surface area contributed by atoms with Gasteiger partial charge in [0.2, 0.25) is 0 Å². The molecule has 0 radical (unpaired) electrons. The largest absolute Gasteiger partial charge is 0.507 e. The van der Waals surface area contributed by atoms with Gasteiger partial charge in [0, 0.05) is 16.3 Å². The summed E-state index contributed by atoms with van der Waals surface area (Å²) in [6.07, 6.45) is 0.489. The molecule has 0 bridgehead atoms. The molecule has 0 atom stereocenters. The Hall–Kier alpha value is -2.18. The average molecular weight is 366 g/mol. The van der Waals surface area contributed by atoms with E-state index in [1.54, 1.807) is 6.07 Å². The lowest BCUT2D eigenvalue weighted by Gasteiger charge is -2.12. The molecule has 0 unspecified atom stereocenters. The Morgan fingerprint density at radius 1 is 1.33 bits per heavy atom. The Balaban J connectivity index is 2.14. The SMILES string of the molecule is CC/C(=N\NC(=S)Nc1cccc(Cl)c1C)c1cc(F)ccc1O. The maximum Gasteiger partial charge on any atom is 0.191 e. The standard InChI is InChI=1S/C17H17ClFN3OS/c1-3-14(12-9-11(19)7-8-16(12)23)21-22-17(24)20-15-6-4-5-13(18)10(15)2/h4-9,23H,3H2,1-2H3,(H2,20,22,24)/b21-14+. The van der Waals surface area contributed by atoms with E-state index in [4.69, 9.17) is 23.8 Å². The molecule has 4 nitrogen and oxygen atoms in total. The number of hydrazone groups is 1. The van der Waals surface area contributed by atoms with Crippen molar-refractivity contribution in [3.05, 3.63) is 58.4 Å². The van der Waals surface area contributed by atoms with Crippen LogP contribution in [-0.2, 0) is 0 Å². The molecule has 2 rings (SSSR count). The van der Waals surface area contributed by atoms with E-state index in [1.807, 2.05) is 26.0 Å². The molecule has 0 saturated carbocycles. The Bertz CT molecular complexity index is 795. The van der Waals surface area contributed by atoms with Gasteiger partial charge in [-0.15, -0.1) is 0 Å². The summed E-state index contributed by atoms with van der Waals surface area (Å²) >= 11 is 11.3. The van der Waals surface area contributed by atoms with Gasteiger partial charge in [-0.2, -0.15) is 5.10 Å². The third-order valence-electron chi connectivity index (χ3n) is 3.41. The maximum atomic E-state index is 13.4. The molecule has 0 spiro atoms. The van der Waals surface area contributed by atoms with Crippen molar-refractivity contribution in [2.45, 2.75) is 20.3 Å². The summed E-state index contributed by atoms with van der Waals surface area (Å²) in [4.78, 5) is 0. The van der Waals surface area contributed by atoms with Gasteiger partial charge in [0.25, 0.3) is 0 Å². The van der Waals surface area contributed by atoms with Crippen molar-refractivity contribution in [1.82, 2.24) is 5.43 Å². The minimum Gasteiger partial charge on any atom is -0.507 e. The molecular weight excluding hydrogens is 349 g/mol. The van der Waals surface area contributed by atoms with E-state index < -0.39 is 5.82 Å². The van der Waals surface area contributed by atoms with Crippen LogP contribution in [0, 0.1) is 12.7 Å². The molecule has 3 N–H and O–H groups in total. The average Bonchev–Trinajstić information content (AvgIpc) is 2.55. The minimum absolute atomic E-state index is 0.0386. The van der Waals surface area contributed by atoms with Crippen LogP contribution in [-0.4, -0.2) is 15.9 Å². The fourth-order valence-corrected chi connectivity index (χ4v) is 2.41. The number of benzene rings is 2. The molecule has 2 aromatic carbocycles. The summed E-state index contributed by atoms with van der Waals surface area (Å²) in [5.41, 5.74) is 5.15. The summed E-state index contributed by atoms with van der Waals surface area (Å²) < 4.78 is 13.4. The van der Waals surface area contributed by atoms with Crippen molar-refractivity contribution < 1.29 is 9.50 Å². The van der Waals surface area contributed by atoms with E-state index in [0.717, 1.165) is 11.3 Å². The highest BCUT2D eigenvalue weighted by atomic mass is 35.5. The van der Waals surface area contributed by atoms with Crippen molar-refractivity contribution in [1.29, 1.82) is 0 Å². The van der Waals surface area contributed by atoms with E-state index in [0.29, 0.717) is 22.7 Å². The van der Waals surface area contributed by atoms with Crippen LogP contribution in [0.3, 0.4) is 0 Å². The molecule has 0 aliphatic heterocycles. The normalized spacial score (nSPS) is 11.2. The van der Waals surface area contributed by atoms with Crippen molar-refractivity contribution >= 4 is 40.3 Å². The van der Waals surface area contributed by atoms with Gasteiger partial charge in [-0.3, -0.25) is 5.43 Å². The number of anilines is 1. The van der Waals surface area contributed by atoms with Crippen molar-refractivity contribution in [2.24, 2.45) is 5.10 Å². The quantitative estimate of drug-likeness (QED) is 0.421. The first-order valence-electron chi connectivity index (χ1n) is 7.30. The Kier molecular flexibility index (Phi) is 6.11. The summed E-state index contributed by atoms with van der Waals surface area (Å²) in [7, 11) is 0. The number of aromatic hydroxyl groups is 1. The number of thiocarbonyl (C=S) groups is 1. The lowest BCUT2D eigenvalue weighted by molar-refractivity contribution is 0.471. The molecule has 0 aliphatic rings. The lowest BCUT2D eigenvalue weighted by atomic mass is 10.1. The first-order chi connectivity index (χ1) is 11.4. The molecule has 0 aromatic heterocycles. The number of nitrogens with zero attached hydrogens (tertiary/aromatic N) is 1. The van der Waals surface area contributed by atoms with Crippen LogP contribution in [0.4, 0.5) is 10.1 Å². The third-order valence-corrected chi connectivity index (χ3v) is 4.02. The number of rotatable bonds is 4. The van der Waals surface area contributed by atoms with Crippen LogP contribution in [0.25, 0.3) is 0 Å². The number of phenols is 1. The van der Waals surface area contributed by atoms with Gasteiger partial charge in [0.05, 0.1) is 5.71 Å². The molecule has 24 heavy (non-hydrogen) atoms. The second-order valence-electron chi connectivity index (χ2n) is 5.05. The van der Waals surface area contributed by atoms with Crippen molar-refractivity contribution in [3.8, 4) is 5.75 Å². The van der Waals surface area contributed by atoms with E-state index in [2.05, 4.69) is 15.8 Å². The van der Waals surface area contributed by atoms with Crippen LogP contribution < -0.4 is 10.7 Å². The number of hydrogen-bond donors (Lipinski definition) is 3. The fraction of sp³-hybridized carbons (Fsp3) is 0.176. The summed E-state index contributed by atoms with van der Waals surface area (Å²) in [6, 6.07) is 9.16. The van der Waals surface area contributed by atoms with Gasteiger partial charge >= 0.3 is 0 Å². The zero-order valence-electron chi connectivity index (χ0n) is 13.2. The number of hydrogen-bond acceptors (Lipinski definition) is 3. The van der Waals surface area contributed by atoms with Crippen LogP contribution in [0.15, 0.2) is 41.5 Å². The van der Waals surface area contributed by atoms with Gasteiger partial charge in [0.1, 0.15) is 11.6 Å². The van der Waals surface area contributed by atoms with Gasteiger partial charge in [-0.05, 0) is 61.5 Å². The highest BCUT2D eigenvalue weighted by Gasteiger charge is 2.10. The van der Waals surface area contributed by atoms with Crippen LogP contribution in [0.5, 0.6) is 5.75 Å². The minimum atomic E-state index is -0.445. The summed E-state index contributed by atoms with van der Waals surface area (Å²) in [5, 5.41) is 17.9. The molecule has 0 saturated heterocycles. The molecular formula is C17H17ClFN3OS. The van der Waals surface area contributed by atoms with Crippen LogP contribution in [0.1, 0.15) is 24.5 Å². The van der Waals surface area contributed by atoms with Crippen LogP contribution in [0.2, 0.25) is 5.02 Å². The molecule has 0 amide bonds. The molecule has 0 heterocycles. The molecule has 7 heteroatoms. The molecule has 0 fully saturated rings. The zero-order valence-corrected chi connectivity index (χ0v) is 14.8. The zero-order chi connectivity index (χ0) is 17.7. The predicted octanol–water partition coefficient (Wildman–Crippen LogP) is 4.59. The van der Waals surface area contributed by atoms with E-state index >= 15 is 0 Å². The summed E-state index contributed by atoms with van der Waals surface area (Å²) in [6.45, 7) is 3.72. The highest BCUT2D eigenvalue weighted by Crippen LogP contribution is 2.23. The predicted molar refractivity (Wildman–Crippen MR) is 100 cm³/mol. The fourth-order valence-electron chi connectivity index (χ4n) is 2.08. The van der Waals surface area contributed by atoms with E-state index in [1.165, 1.54) is 18.2 Å². The number of halogens is 2. The van der Waals surface area contributed by atoms with Gasteiger partial charge < -0.3 is 10.4 Å². The Labute approximate surface area is 150 Å². The lowest BCUT2D eigenvalue weighted by Crippen LogP contribution is -2.25. The summed E-state index contributed by atoms with van der Waals surface area (Å²) in [5.74, 6) is -0.484. The number of phenolic OH excluding ortho intramolecular Hbond substituents is 1. The Morgan fingerprint density at radius 2 is 2.08 bits per heavy atom. The monoisotopic (exact) mass is 365 g/mol. The second-order valence-corrected chi connectivity index (χ2v) is 5.87.